The predicted molar refractivity (Wildman–Crippen MR) is 131 cm³/mol. The molecular formula is C24H30IN3O3. The maximum Gasteiger partial charge on any atom is 0.319 e. The van der Waals surface area contributed by atoms with Gasteiger partial charge in [0.05, 0.1) is 14.2 Å². The molecule has 0 spiro atoms. The van der Waals surface area contributed by atoms with Gasteiger partial charge in [0.1, 0.15) is 0 Å². The molecule has 1 saturated heterocycles. The molecule has 7 heteroatoms. The van der Waals surface area contributed by atoms with E-state index in [1.54, 1.807) is 14.2 Å². The third kappa shape index (κ3) is 4.48. The Balaban J connectivity index is 1.47. The van der Waals surface area contributed by atoms with E-state index in [1.807, 2.05) is 30.3 Å². The number of carbonyl (C=O) groups excluding carboxylic acids is 1. The fraction of sp³-hybridized carbons (Fsp3) is 0.458. The number of amides is 2. The zero-order valence-corrected chi connectivity index (χ0v) is 20.4. The molecule has 2 N–H and O–H groups in total. The van der Waals surface area contributed by atoms with Crippen LogP contribution in [0.4, 0.5) is 10.5 Å². The summed E-state index contributed by atoms with van der Waals surface area (Å²) in [5.74, 6) is 1.54. The van der Waals surface area contributed by atoms with Gasteiger partial charge in [-0.1, -0.05) is 6.07 Å². The molecule has 4 rings (SSSR count). The summed E-state index contributed by atoms with van der Waals surface area (Å²) in [6.07, 6.45) is 4.04. The minimum absolute atomic E-state index is 0.0824. The van der Waals surface area contributed by atoms with Crippen molar-refractivity contribution in [3.8, 4) is 11.5 Å². The summed E-state index contributed by atoms with van der Waals surface area (Å²) in [7, 11) is 5.55. The van der Waals surface area contributed by atoms with Gasteiger partial charge in [-0.3, -0.25) is 0 Å². The van der Waals surface area contributed by atoms with Crippen molar-refractivity contribution in [1.29, 1.82) is 0 Å². The van der Waals surface area contributed by atoms with Crippen molar-refractivity contribution in [2.24, 2.45) is 0 Å². The van der Waals surface area contributed by atoms with Crippen LogP contribution in [0.15, 0.2) is 42.5 Å². The lowest BCUT2D eigenvalue weighted by atomic mass is 9.65. The zero-order chi connectivity index (χ0) is 22.0. The Kier molecular flexibility index (Phi) is 6.62. The lowest BCUT2D eigenvalue weighted by molar-refractivity contribution is 0.156. The third-order valence-corrected chi connectivity index (χ3v) is 7.64. The maximum atomic E-state index is 12.6. The minimum Gasteiger partial charge on any atom is -0.493 e. The highest BCUT2D eigenvalue weighted by molar-refractivity contribution is 14.1. The summed E-state index contributed by atoms with van der Waals surface area (Å²) in [6.45, 7) is 1.06. The molecule has 3 atom stereocenters. The first-order valence-corrected chi connectivity index (χ1v) is 11.8. The van der Waals surface area contributed by atoms with Crippen LogP contribution < -0.4 is 20.1 Å². The first kappa shape index (κ1) is 22.2. The van der Waals surface area contributed by atoms with Crippen LogP contribution in [-0.4, -0.2) is 50.8 Å². The fourth-order valence-corrected chi connectivity index (χ4v) is 5.64. The highest BCUT2D eigenvalue weighted by Crippen LogP contribution is 2.49. The quantitative estimate of drug-likeness (QED) is 0.549. The van der Waals surface area contributed by atoms with E-state index >= 15 is 0 Å². The van der Waals surface area contributed by atoms with Gasteiger partial charge in [-0.25, -0.2) is 4.79 Å². The highest BCUT2D eigenvalue weighted by atomic mass is 127. The van der Waals surface area contributed by atoms with E-state index in [-0.39, 0.29) is 17.5 Å². The van der Waals surface area contributed by atoms with Gasteiger partial charge in [0, 0.05) is 26.8 Å². The van der Waals surface area contributed by atoms with Crippen molar-refractivity contribution in [1.82, 2.24) is 10.2 Å². The number of likely N-dealkylation sites (tertiary alicyclic amines) is 1. The van der Waals surface area contributed by atoms with Gasteiger partial charge < -0.3 is 25.0 Å². The van der Waals surface area contributed by atoms with Crippen LogP contribution in [0.2, 0.25) is 0 Å². The summed E-state index contributed by atoms with van der Waals surface area (Å²) in [4.78, 5) is 15.0. The number of likely N-dealkylation sites (N-methyl/N-ethyl adjacent to an activating group) is 1. The molecule has 0 aromatic heterocycles. The van der Waals surface area contributed by atoms with Crippen molar-refractivity contribution in [2.75, 3.05) is 33.1 Å². The molecule has 2 fully saturated rings. The second-order valence-corrected chi connectivity index (χ2v) is 9.79. The largest absolute Gasteiger partial charge is 0.493 e. The number of halogens is 1. The van der Waals surface area contributed by atoms with E-state index in [0.717, 1.165) is 53.0 Å². The summed E-state index contributed by atoms with van der Waals surface area (Å²) in [5.41, 5.74) is 2.20. The lowest BCUT2D eigenvalue weighted by Gasteiger charge is -2.45. The molecular weight excluding hydrogens is 505 g/mol. The summed E-state index contributed by atoms with van der Waals surface area (Å²) in [6, 6.07) is 14.6. The Bertz CT molecular complexity index is 936. The van der Waals surface area contributed by atoms with Gasteiger partial charge in [0.2, 0.25) is 0 Å². The van der Waals surface area contributed by atoms with Crippen LogP contribution in [-0.2, 0) is 5.41 Å². The smallest absolute Gasteiger partial charge is 0.319 e. The van der Waals surface area contributed by atoms with Crippen molar-refractivity contribution < 1.29 is 14.3 Å². The van der Waals surface area contributed by atoms with Crippen molar-refractivity contribution in [3.05, 3.63) is 51.6 Å². The van der Waals surface area contributed by atoms with Crippen LogP contribution in [0.1, 0.15) is 31.2 Å². The van der Waals surface area contributed by atoms with Crippen LogP contribution in [0, 0.1) is 3.57 Å². The van der Waals surface area contributed by atoms with E-state index in [2.05, 4.69) is 57.3 Å². The molecule has 166 valence electrons. The Morgan fingerprint density at radius 3 is 2.55 bits per heavy atom. The minimum atomic E-state index is -0.134. The topological polar surface area (TPSA) is 62.8 Å². The molecule has 2 aromatic rings. The number of fused-ring (bicyclic) bond motifs is 1. The van der Waals surface area contributed by atoms with Gasteiger partial charge in [0.25, 0.3) is 0 Å². The van der Waals surface area contributed by atoms with E-state index < -0.39 is 0 Å². The number of methoxy groups -OCH3 is 2. The second kappa shape index (κ2) is 9.24. The SMILES string of the molecule is COc1ccc([C@@]23CC[C@H](NC(=O)Nc4ccc(I)cc4)C[C@H]2N(C)CC3)cc1OC. The van der Waals surface area contributed by atoms with Gasteiger partial charge >= 0.3 is 6.03 Å². The molecule has 0 radical (unpaired) electrons. The summed E-state index contributed by atoms with van der Waals surface area (Å²) >= 11 is 2.26. The molecule has 0 unspecified atom stereocenters. The average molecular weight is 535 g/mol. The van der Waals surface area contributed by atoms with E-state index in [0.29, 0.717) is 6.04 Å². The molecule has 2 aromatic carbocycles. The van der Waals surface area contributed by atoms with Crippen LogP contribution in [0.5, 0.6) is 11.5 Å². The maximum absolute atomic E-state index is 12.6. The number of rotatable bonds is 5. The van der Waals surface area contributed by atoms with E-state index in [9.17, 15) is 4.79 Å². The number of nitrogens with one attached hydrogen (secondary N) is 2. The molecule has 1 aliphatic heterocycles. The zero-order valence-electron chi connectivity index (χ0n) is 18.3. The van der Waals surface area contributed by atoms with Crippen LogP contribution >= 0.6 is 22.6 Å². The normalized spacial score (nSPS) is 25.5. The number of hydrogen-bond acceptors (Lipinski definition) is 4. The highest BCUT2D eigenvalue weighted by Gasteiger charge is 2.50. The average Bonchev–Trinajstić information content (AvgIpc) is 3.12. The van der Waals surface area contributed by atoms with Crippen molar-refractivity contribution >= 4 is 34.3 Å². The number of anilines is 1. The van der Waals surface area contributed by atoms with Gasteiger partial charge in [0.15, 0.2) is 11.5 Å². The van der Waals surface area contributed by atoms with Crippen LogP contribution in [0.3, 0.4) is 0 Å². The Morgan fingerprint density at radius 2 is 1.84 bits per heavy atom. The Morgan fingerprint density at radius 1 is 1.10 bits per heavy atom. The molecule has 2 amide bonds. The van der Waals surface area contributed by atoms with Crippen molar-refractivity contribution in [3.63, 3.8) is 0 Å². The molecule has 2 aliphatic rings. The molecule has 1 saturated carbocycles. The van der Waals surface area contributed by atoms with Gasteiger partial charge in [-0.15, -0.1) is 0 Å². The lowest BCUT2D eigenvalue weighted by Crippen LogP contribution is -2.52. The molecule has 0 bridgehead atoms. The first-order chi connectivity index (χ1) is 14.9. The number of benzene rings is 2. The number of carbonyl (C=O) groups is 1. The number of ether oxygens (including phenoxy) is 2. The van der Waals surface area contributed by atoms with Crippen molar-refractivity contribution in [2.45, 2.75) is 43.2 Å². The van der Waals surface area contributed by atoms with Gasteiger partial charge in [-0.05, 0) is 104 Å². The third-order valence-electron chi connectivity index (χ3n) is 6.92. The van der Waals surface area contributed by atoms with Crippen LogP contribution in [0.25, 0.3) is 0 Å². The summed E-state index contributed by atoms with van der Waals surface area (Å²) < 4.78 is 12.2. The van der Waals surface area contributed by atoms with E-state index in [1.165, 1.54) is 5.56 Å². The molecule has 31 heavy (non-hydrogen) atoms. The Hall–Kier alpha value is -2.00. The monoisotopic (exact) mass is 535 g/mol. The summed E-state index contributed by atoms with van der Waals surface area (Å²) in [5, 5.41) is 6.16. The van der Waals surface area contributed by atoms with Gasteiger partial charge in [-0.2, -0.15) is 0 Å². The fourth-order valence-electron chi connectivity index (χ4n) is 5.28. The molecule has 6 nitrogen and oxygen atoms in total. The predicted octanol–water partition coefficient (Wildman–Crippen LogP) is 4.62. The molecule has 1 aliphatic carbocycles. The molecule has 1 heterocycles. The Labute approximate surface area is 197 Å². The standard InChI is InChI=1S/C24H30IN3O3/c1-28-13-12-24(16-4-9-20(30-2)21(14-16)31-3)11-10-19(15-22(24)28)27-23(29)26-18-7-5-17(25)6-8-18/h4-9,14,19,22H,10-13,15H2,1-3H3,(H2,26,27,29)/t19-,22+,24-/m0/s1. The first-order valence-electron chi connectivity index (χ1n) is 10.7. The number of nitrogens with zero attached hydrogens (tertiary/aromatic N) is 1. The number of hydrogen-bond donors (Lipinski definition) is 2. The second-order valence-electron chi connectivity index (χ2n) is 8.55. The van der Waals surface area contributed by atoms with E-state index in [4.69, 9.17) is 9.47 Å². The number of urea groups is 1.